The number of nitrogens with two attached hydrogens (primary N) is 2. The molecule has 0 unspecified atom stereocenters. The second-order valence-corrected chi connectivity index (χ2v) is 3.29. The van der Waals surface area contributed by atoms with Gasteiger partial charge in [0.2, 0.25) is 0 Å². The summed E-state index contributed by atoms with van der Waals surface area (Å²) in [4.78, 5) is 8.23. The first-order valence-electron chi connectivity index (χ1n) is 4.66. The van der Waals surface area contributed by atoms with Crippen LogP contribution in [0.5, 0.6) is 0 Å². The molecule has 0 spiro atoms. The Morgan fingerprint density at radius 3 is 2.47 bits per heavy atom. The maximum Gasteiger partial charge on any atom is 0.150 e. The van der Waals surface area contributed by atoms with Crippen molar-refractivity contribution in [3.8, 4) is 0 Å². The molecule has 2 aromatic rings. The van der Waals surface area contributed by atoms with Gasteiger partial charge in [-0.2, -0.15) is 0 Å². The van der Waals surface area contributed by atoms with Gasteiger partial charge in [0.1, 0.15) is 11.6 Å². The molecule has 4 heteroatoms. The van der Waals surface area contributed by atoms with Crippen LogP contribution in [-0.2, 0) is 6.42 Å². The predicted octanol–water partition coefficient (Wildman–Crippen LogP) is 1.23. The van der Waals surface area contributed by atoms with Crippen molar-refractivity contribution in [3.63, 3.8) is 0 Å². The summed E-state index contributed by atoms with van der Waals surface area (Å²) in [6, 6.07) is 9.99. The van der Waals surface area contributed by atoms with Crippen molar-refractivity contribution >= 4 is 11.5 Å². The van der Waals surface area contributed by atoms with Crippen LogP contribution in [0.4, 0.5) is 11.5 Å². The van der Waals surface area contributed by atoms with Gasteiger partial charge in [-0.15, -0.1) is 0 Å². The molecule has 1 aromatic carbocycles. The van der Waals surface area contributed by atoms with Crippen molar-refractivity contribution in [1.29, 1.82) is 0 Å². The van der Waals surface area contributed by atoms with Gasteiger partial charge in [-0.3, -0.25) is 0 Å². The fourth-order valence-electron chi connectivity index (χ4n) is 1.31. The largest absolute Gasteiger partial charge is 0.394 e. The zero-order valence-electron chi connectivity index (χ0n) is 8.22. The summed E-state index contributed by atoms with van der Waals surface area (Å²) in [5, 5.41) is 0. The van der Waals surface area contributed by atoms with Crippen LogP contribution in [0.25, 0.3) is 0 Å². The van der Waals surface area contributed by atoms with Crippen molar-refractivity contribution in [2.24, 2.45) is 0 Å². The van der Waals surface area contributed by atoms with E-state index in [9.17, 15) is 0 Å². The summed E-state index contributed by atoms with van der Waals surface area (Å²) in [7, 11) is 0. The Kier molecular flexibility index (Phi) is 2.49. The lowest BCUT2D eigenvalue weighted by Gasteiger charge is -2.02. The van der Waals surface area contributed by atoms with Crippen molar-refractivity contribution < 1.29 is 0 Å². The number of aromatic nitrogens is 2. The first kappa shape index (κ1) is 9.45. The van der Waals surface area contributed by atoms with Crippen molar-refractivity contribution in [2.75, 3.05) is 11.5 Å². The molecule has 4 nitrogen and oxygen atoms in total. The SMILES string of the molecule is Nc1cnc(Cc2ccccc2)nc1N. The minimum absolute atomic E-state index is 0.343. The fourth-order valence-corrected chi connectivity index (χ4v) is 1.31. The molecule has 1 aromatic heterocycles. The van der Waals surface area contributed by atoms with Crippen LogP contribution < -0.4 is 11.5 Å². The van der Waals surface area contributed by atoms with E-state index in [-0.39, 0.29) is 0 Å². The topological polar surface area (TPSA) is 77.8 Å². The Hall–Kier alpha value is -2.10. The van der Waals surface area contributed by atoms with Gasteiger partial charge in [0.05, 0.1) is 11.9 Å². The number of hydrogen-bond donors (Lipinski definition) is 2. The first-order valence-corrected chi connectivity index (χ1v) is 4.66. The van der Waals surface area contributed by atoms with Crippen LogP contribution >= 0.6 is 0 Å². The van der Waals surface area contributed by atoms with Crippen LogP contribution in [0.1, 0.15) is 11.4 Å². The second kappa shape index (κ2) is 3.96. The summed E-state index contributed by atoms with van der Waals surface area (Å²) in [5.41, 5.74) is 12.7. The molecule has 0 atom stereocenters. The summed E-state index contributed by atoms with van der Waals surface area (Å²) >= 11 is 0. The zero-order chi connectivity index (χ0) is 10.7. The molecule has 0 bridgehead atoms. The molecule has 0 aliphatic heterocycles. The van der Waals surface area contributed by atoms with Crippen LogP contribution in [0, 0.1) is 0 Å². The maximum absolute atomic E-state index is 5.60. The van der Waals surface area contributed by atoms with Gasteiger partial charge < -0.3 is 11.5 Å². The van der Waals surface area contributed by atoms with E-state index < -0.39 is 0 Å². The van der Waals surface area contributed by atoms with Gasteiger partial charge in [-0.1, -0.05) is 30.3 Å². The predicted molar refractivity (Wildman–Crippen MR) is 60.1 cm³/mol. The quantitative estimate of drug-likeness (QED) is 0.764. The fraction of sp³-hybridized carbons (Fsp3) is 0.0909. The molecular weight excluding hydrogens is 188 g/mol. The van der Waals surface area contributed by atoms with Gasteiger partial charge in [0, 0.05) is 6.42 Å². The van der Waals surface area contributed by atoms with E-state index in [1.54, 1.807) is 6.20 Å². The minimum Gasteiger partial charge on any atom is -0.394 e. The summed E-state index contributed by atoms with van der Waals surface area (Å²) in [6.07, 6.45) is 2.21. The molecule has 0 radical (unpaired) electrons. The van der Waals surface area contributed by atoms with Crippen LogP contribution in [0.3, 0.4) is 0 Å². The highest BCUT2D eigenvalue weighted by Crippen LogP contribution is 2.11. The van der Waals surface area contributed by atoms with Crippen molar-refractivity contribution in [2.45, 2.75) is 6.42 Å². The number of nitrogens with zero attached hydrogens (tertiary/aromatic N) is 2. The summed E-state index contributed by atoms with van der Waals surface area (Å²) in [6.45, 7) is 0. The van der Waals surface area contributed by atoms with Gasteiger partial charge in [-0.25, -0.2) is 9.97 Å². The van der Waals surface area contributed by atoms with Gasteiger partial charge in [0.15, 0.2) is 0 Å². The second-order valence-electron chi connectivity index (χ2n) is 3.29. The van der Waals surface area contributed by atoms with E-state index in [4.69, 9.17) is 11.5 Å². The Morgan fingerprint density at radius 2 is 1.80 bits per heavy atom. The van der Waals surface area contributed by atoms with Crippen molar-refractivity contribution in [1.82, 2.24) is 9.97 Å². The molecular formula is C11H12N4. The normalized spacial score (nSPS) is 10.1. The van der Waals surface area contributed by atoms with E-state index in [0.29, 0.717) is 23.8 Å². The molecule has 0 saturated carbocycles. The standard InChI is InChI=1S/C11H12N4/c12-9-7-14-10(15-11(9)13)6-8-4-2-1-3-5-8/h1-5,7H,6,12H2,(H2,13,14,15). The minimum atomic E-state index is 0.343. The molecule has 0 aliphatic rings. The Bertz CT molecular complexity index is 453. The Balaban J connectivity index is 2.22. The monoisotopic (exact) mass is 200 g/mol. The molecule has 0 amide bonds. The lowest BCUT2D eigenvalue weighted by Crippen LogP contribution is -2.03. The third kappa shape index (κ3) is 2.22. The average Bonchev–Trinajstić information content (AvgIpc) is 2.25. The Morgan fingerprint density at radius 1 is 1.07 bits per heavy atom. The lowest BCUT2D eigenvalue weighted by atomic mass is 10.1. The third-order valence-corrected chi connectivity index (χ3v) is 2.10. The van der Waals surface area contributed by atoms with Gasteiger partial charge in [-0.05, 0) is 5.56 Å². The molecule has 1 heterocycles. The first-order chi connectivity index (χ1) is 7.25. The average molecular weight is 200 g/mol. The number of rotatable bonds is 2. The Labute approximate surface area is 88.0 Å². The van der Waals surface area contributed by atoms with E-state index in [2.05, 4.69) is 9.97 Å². The van der Waals surface area contributed by atoms with Gasteiger partial charge in [0.25, 0.3) is 0 Å². The number of anilines is 2. The molecule has 4 N–H and O–H groups in total. The molecule has 15 heavy (non-hydrogen) atoms. The van der Waals surface area contributed by atoms with Crippen LogP contribution in [0.2, 0.25) is 0 Å². The van der Waals surface area contributed by atoms with Crippen LogP contribution in [0.15, 0.2) is 36.5 Å². The highest BCUT2D eigenvalue weighted by Gasteiger charge is 2.01. The van der Waals surface area contributed by atoms with Gasteiger partial charge >= 0.3 is 0 Å². The lowest BCUT2D eigenvalue weighted by molar-refractivity contribution is 0.977. The van der Waals surface area contributed by atoms with Crippen LogP contribution in [-0.4, -0.2) is 9.97 Å². The highest BCUT2D eigenvalue weighted by molar-refractivity contribution is 5.55. The maximum atomic E-state index is 5.60. The van der Waals surface area contributed by atoms with Crippen molar-refractivity contribution in [3.05, 3.63) is 47.9 Å². The van der Waals surface area contributed by atoms with E-state index in [1.807, 2.05) is 30.3 Å². The number of nitrogen functional groups attached to an aromatic ring is 2. The highest BCUT2D eigenvalue weighted by atomic mass is 15.0. The summed E-state index contributed by atoms with van der Waals surface area (Å²) < 4.78 is 0. The number of benzene rings is 1. The smallest absolute Gasteiger partial charge is 0.150 e. The molecule has 0 fully saturated rings. The zero-order valence-corrected chi connectivity index (χ0v) is 8.22. The summed E-state index contributed by atoms with van der Waals surface area (Å²) in [5.74, 6) is 1.03. The molecule has 0 saturated heterocycles. The van der Waals surface area contributed by atoms with E-state index >= 15 is 0 Å². The molecule has 2 rings (SSSR count). The van der Waals surface area contributed by atoms with E-state index in [1.165, 1.54) is 0 Å². The third-order valence-electron chi connectivity index (χ3n) is 2.10. The van der Waals surface area contributed by atoms with E-state index in [0.717, 1.165) is 5.56 Å². The molecule has 76 valence electrons. The molecule has 0 aliphatic carbocycles. The number of hydrogen-bond acceptors (Lipinski definition) is 4.